The van der Waals surface area contributed by atoms with Crippen LogP contribution in [0.3, 0.4) is 0 Å². The molecular formula is C21H21ClN2O4. The Morgan fingerprint density at radius 3 is 2.61 bits per heavy atom. The zero-order valence-corrected chi connectivity index (χ0v) is 16.3. The standard InChI is InChI=1S/C21H21ClN2O4/c1-28-20-5-3-2-4-17(20)16-10-12-23(13-11-16)18-8-6-15(7-9-21(22)25)14-19(18)24(26)27/h2-9,14,16H,10-13H2,1H3/b9-7+. The number of carbonyl (C=O) groups is 1. The van der Waals surface area contributed by atoms with Crippen LogP contribution in [0.2, 0.25) is 0 Å². The monoisotopic (exact) mass is 400 g/mol. The molecule has 2 aromatic rings. The highest BCUT2D eigenvalue weighted by molar-refractivity contribution is 6.66. The number of methoxy groups -OCH3 is 1. The smallest absolute Gasteiger partial charge is 0.293 e. The van der Waals surface area contributed by atoms with E-state index in [1.165, 1.54) is 23.8 Å². The van der Waals surface area contributed by atoms with Crippen molar-refractivity contribution in [3.05, 3.63) is 69.8 Å². The maximum atomic E-state index is 11.6. The van der Waals surface area contributed by atoms with E-state index in [2.05, 4.69) is 6.07 Å². The molecule has 1 saturated heterocycles. The Labute approximate surface area is 168 Å². The third kappa shape index (κ3) is 4.51. The van der Waals surface area contributed by atoms with Gasteiger partial charge in [-0.05, 0) is 65.8 Å². The molecule has 3 rings (SSSR count). The maximum Gasteiger partial charge on any atom is 0.293 e. The van der Waals surface area contributed by atoms with Crippen molar-refractivity contribution in [3.8, 4) is 5.75 Å². The number of carbonyl (C=O) groups excluding carboxylic acids is 1. The molecule has 0 bridgehead atoms. The number of rotatable bonds is 6. The number of para-hydroxylation sites is 1. The van der Waals surface area contributed by atoms with E-state index >= 15 is 0 Å². The summed E-state index contributed by atoms with van der Waals surface area (Å²) in [6, 6.07) is 13.0. The fourth-order valence-corrected chi connectivity index (χ4v) is 3.72. The van der Waals surface area contributed by atoms with Crippen LogP contribution in [0.1, 0.15) is 29.9 Å². The molecule has 0 aromatic heterocycles. The first-order valence-corrected chi connectivity index (χ1v) is 9.41. The number of ether oxygens (including phenoxy) is 1. The van der Waals surface area contributed by atoms with Gasteiger partial charge in [-0.2, -0.15) is 0 Å². The summed E-state index contributed by atoms with van der Waals surface area (Å²) in [5, 5.41) is 10.9. The maximum absolute atomic E-state index is 11.6. The minimum Gasteiger partial charge on any atom is -0.496 e. The molecule has 1 aliphatic heterocycles. The van der Waals surface area contributed by atoms with Gasteiger partial charge in [0.15, 0.2) is 0 Å². The number of nitro groups is 1. The quantitative estimate of drug-likeness (QED) is 0.302. The molecule has 0 saturated carbocycles. The highest BCUT2D eigenvalue weighted by Gasteiger charge is 2.27. The number of nitro benzene ring substituents is 1. The average molecular weight is 401 g/mol. The Bertz CT molecular complexity index is 905. The summed E-state index contributed by atoms with van der Waals surface area (Å²) >= 11 is 5.29. The van der Waals surface area contributed by atoms with Gasteiger partial charge in [0.05, 0.1) is 12.0 Å². The first-order valence-electron chi connectivity index (χ1n) is 9.03. The first kappa shape index (κ1) is 19.9. The van der Waals surface area contributed by atoms with Crippen molar-refractivity contribution >= 4 is 34.3 Å². The molecule has 6 nitrogen and oxygen atoms in total. The lowest BCUT2D eigenvalue weighted by Crippen LogP contribution is -2.33. The summed E-state index contributed by atoms with van der Waals surface area (Å²) < 4.78 is 5.47. The summed E-state index contributed by atoms with van der Waals surface area (Å²) in [6.45, 7) is 1.44. The van der Waals surface area contributed by atoms with Crippen LogP contribution in [0.4, 0.5) is 11.4 Å². The van der Waals surface area contributed by atoms with E-state index < -0.39 is 5.24 Å². The fraction of sp³-hybridized carbons (Fsp3) is 0.286. The summed E-state index contributed by atoms with van der Waals surface area (Å²) in [4.78, 5) is 24.1. The molecule has 1 heterocycles. The van der Waals surface area contributed by atoms with Crippen molar-refractivity contribution in [1.29, 1.82) is 0 Å². The summed E-state index contributed by atoms with van der Waals surface area (Å²) in [7, 11) is 1.67. The minimum absolute atomic E-state index is 0.0277. The third-order valence-electron chi connectivity index (χ3n) is 5.02. The van der Waals surface area contributed by atoms with Crippen molar-refractivity contribution < 1.29 is 14.5 Å². The van der Waals surface area contributed by atoms with E-state index in [1.54, 1.807) is 19.2 Å². The van der Waals surface area contributed by atoms with Crippen LogP contribution in [-0.4, -0.2) is 30.4 Å². The molecule has 0 spiro atoms. The van der Waals surface area contributed by atoms with Crippen LogP contribution >= 0.6 is 11.6 Å². The molecular weight excluding hydrogens is 380 g/mol. The van der Waals surface area contributed by atoms with Crippen molar-refractivity contribution in [2.24, 2.45) is 0 Å². The van der Waals surface area contributed by atoms with Crippen molar-refractivity contribution in [1.82, 2.24) is 0 Å². The van der Waals surface area contributed by atoms with Gasteiger partial charge < -0.3 is 9.64 Å². The molecule has 0 unspecified atom stereocenters. The van der Waals surface area contributed by atoms with E-state index in [0.29, 0.717) is 17.2 Å². The van der Waals surface area contributed by atoms with Crippen LogP contribution < -0.4 is 9.64 Å². The van der Waals surface area contributed by atoms with E-state index in [1.807, 2.05) is 23.1 Å². The SMILES string of the molecule is COc1ccccc1C1CCN(c2ccc(/C=C/C(=O)Cl)cc2[N+](=O)[O-])CC1. The number of anilines is 1. The largest absolute Gasteiger partial charge is 0.496 e. The first-order chi connectivity index (χ1) is 13.5. The van der Waals surface area contributed by atoms with Gasteiger partial charge >= 0.3 is 0 Å². The van der Waals surface area contributed by atoms with Gasteiger partial charge in [0.2, 0.25) is 5.24 Å². The van der Waals surface area contributed by atoms with Crippen LogP contribution in [0.5, 0.6) is 5.75 Å². The van der Waals surface area contributed by atoms with Gasteiger partial charge in [-0.25, -0.2) is 0 Å². The second-order valence-corrected chi connectivity index (χ2v) is 7.02. The summed E-state index contributed by atoms with van der Waals surface area (Å²) in [5.74, 6) is 1.25. The molecule has 0 aliphatic carbocycles. The number of halogens is 1. The Balaban J connectivity index is 1.78. The Kier molecular flexibility index (Phi) is 6.31. The lowest BCUT2D eigenvalue weighted by Gasteiger charge is -2.34. The predicted molar refractivity (Wildman–Crippen MR) is 110 cm³/mol. The number of benzene rings is 2. The van der Waals surface area contributed by atoms with Gasteiger partial charge in [0, 0.05) is 19.2 Å². The average Bonchev–Trinajstić information content (AvgIpc) is 2.72. The van der Waals surface area contributed by atoms with E-state index in [0.717, 1.165) is 31.7 Å². The second kappa shape index (κ2) is 8.89. The Morgan fingerprint density at radius 1 is 1.25 bits per heavy atom. The van der Waals surface area contributed by atoms with Crippen molar-refractivity contribution in [3.63, 3.8) is 0 Å². The van der Waals surface area contributed by atoms with Gasteiger partial charge in [0.25, 0.3) is 5.69 Å². The van der Waals surface area contributed by atoms with Crippen LogP contribution in [0, 0.1) is 10.1 Å². The number of hydrogen-bond donors (Lipinski definition) is 0. The zero-order valence-electron chi connectivity index (χ0n) is 15.5. The molecule has 0 radical (unpaired) electrons. The number of piperidine rings is 1. The van der Waals surface area contributed by atoms with E-state index in [4.69, 9.17) is 16.3 Å². The van der Waals surface area contributed by atoms with Crippen LogP contribution in [0.25, 0.3) is 6.08 Å². The van der Waals surface area contributed by atoms with Crippen LogP contribution in [-0.2, 0) is 4.79 Å². The Hall–Kier alpha value is -2.86. The topological polar surface area (TPSA) is 72.7 Å². The Morgan fingerprint density at radius 2 is 1.96 bits per heavy atom. The number of allylic oxidation sites excluding steroid dienone is 1. The van der Waals surface area contributed by atoms with Gasteiger partial charge in [0.1, 0.15) is 11.4 Å². The number of nitrogens with zero attached hydrogens (tertiary/aromatic N) is 2. The molecule has 0 amide bonds. The molecule has 7 heteroatoms. The normalized spacial score (nSPS) is 15.0. The molecule has 2 aromatic carbocycles. The predicted octanol–water partition coefficient (Wildman–Crippen LogP) is 4.77. The van der Waals surface area contributed by atoms with E-state index in [-0.39, 0.29) is 10.6 Å². The van der Waals surface area contributed by atoms with Crippen molar-refractivity contribution in [2.45, 2.75) is 18.8 Å². The highest BCUT2D eigenvalue weighted by atomic mass is 35.5. The third-order valence-corrected chi connectivity index (χ3v) is 5.14. The molecule has 28 heavy (non-hydrogen) atoms. The summed E-state index contributed by atoms with van der Waals surface area (Å²) in [5.41, 5.74) is 2.37. The second-order valence-electron chi connectivity index (χ2n) is 6.65. The molecule has 1 fully saturated rings. The summed E-state index contributed by atoms with van der Waals surface area (Å²) in [6.07, 6.45) is 4.43. The highest BCUT2D eigenvalue weighted by Crippen LogP contribution is 2.37. The minimum atomic E-state index is -0.620. The zero-order chi connectivity index (χ0) is 20.1. The lowest BCUT2D eigenvalue weighted by atomic mass is 9.88. The van der Waals surface area contributed by atoms with Crippen molar-refractivity contribution in [2.75, 3.05) is 25.1 Å². The van der Waals surface area contributed by atoms with Gasteiger partial charge in [-0.15, -0.1) is 0 Å². The van der Waals surface area contributed by atoms with E-state index in [9.17, 15) is 14.9 Å². The van der Waals surface area contributed by atoms with Gasteiger partial charge in [-0.3, -0.25) is 14.9 Å². The van der Waals surface area contributed by atoms with Crippen LogP contribution in [0.15, 0.2) is 48.5 Å². The number of hydrogen-bond acceptors (Lipinski definition) is 5. The molecule has 0 N–H and O–H groups in total. The molecule has 146 valence electrons. The molecule has 0 atom stereocenters. The fourth-order valence-electron chi connectivity index (χ4n) is 3.65. The molecule has 1 aliphatic rings. The van der Waals surface area contributed by atoms with Gasteiger partial charge in [-0.1, -0.05) is 24.3 Å². The lowest BCUT2D eigenvalue weighted by molar-refractivity contribution is -0.384.